The Morgan fingerprint density at radius 3 is 2.55 bits per heavy atom. The molecule has 110 valence electrons. The van der Waals surface area contributed by atoms with Crippen LogP contribution in [0.5, 0.6) is 0 Å². The lowest BCUT2D eigenvalue weighted by atomic mass is 9.97. The van der Waals surface area contributed by atoms with Crippen molar-refractivity contribution in [2.24, 2.45) is 0 Å². The summed E-state index contributed by atoms with van der Waals surface area (Å²) in [7, 11) is 0. The van der Waals surface area contributed by atoms with Crippen LogP contribution in [0.1, 0.15) is 44.2 Å². The lowest BCUT2D eigenvalue weighted by molar-refractivity contribution is -0.137. The molecule has 0 aliphatic carbocycles. The Labute approximate surface area is 120 Å². The van der Waals surface area contributed by atoms with Crippen molar-refractivity contribution in [3.63, 3.8) is 0 Å². The zero-order valence-corrected chi connectivity index (χ0v) is 12.4. The Balaban J connectivity index is 2.41. The molecular weight excluding hydrogens is 254 g/mol. The molecule has 0 saturated carbocycles. The maximum atomic E-state index is 11.9. The van der Waals surface area contributed by atoms with E-state index < -0.39 is 11.5 Å². The van der Waals surface area contributed by atoms with Crippen LogP contribution in [0.4, 0.5) is 0 Å². The van der Waals surface area contributed by atoms with Gasteiger partial charge in [0, 0.05) is 18.4 Å². The second-order valence-electron chi connectivity index (χ2n) is 5.81. The Morgan fingerprint density at radius 2 is 1.95 bits per heavy atom. The standard InChI is InChI=1S/C16H23NO3/c1-12-5-4-6-13(11-12)7-8-14(18)17-16(2,3)10-9-15(19)20/h4-6,11H,7-10H2,1-3H3,(H,17,18)(H,19,20). The van der Waals surface area contributed by atoms with Gasteiger partial charge in [-0.3, -0.25) is 9.59 Å². The number of carboxylic acid groups (broad SMARTS) is 1. The van der Waals surface area contributed by atoms with Gasteiger partial charge in [-0.2, -0.15) is 0 Å². The molecule has 0 fully saturated rings. The first-order valence-corrected chi connectivity index (χ1v) is 6.87. The molecular formula is C16H23NO3. The van der Waals surface area contributed by atoms with Crippen LogP contribution in [0, 0.1) is 6.92 Å². The van der Waals surface area contributed by atoms with Crippen molar-refractivity contribution in [1.82, 2.24) is 5.32 Å². The summed E-state index contributed by atoms with van der Waals surface area (Å²) >= 11 is 0. The van der Waals surface area contributed by atoms with Crippen molar-refractivity contribution < 1.29 is 14.7 Å². The molecule has 0 aliphatic heterocycles. The lowest BCUT2D eigenvalue weighted by Gasteiger charge is -2.25. The molecule has 0 saturated heterocycles. The number of carbonyl (C=O) groups is 2. The maximum absolute atomic E-state index is 11.9. The number of hydrogen-bond acceptors (Lipinski definition) is 2. The van der Waals surface area contributed by atoms with Gasteiger partial charge >= 0.3 is 5.97 Å². The Bertz CT molecular complexity index is 480. The molecule has 1 aromatic carbocycles. The van der Waals surface area contributed by atoms with Gasteiger partial charge in [0.2, 0.25) is 5.91 Å². The molecule has 20 heavy (non-hydrogen) atoms. The Kier molecular flexibility index (Phi) is 5.74. The summed E-state index contributed by atoms with van der Waals surface area (Å²) in [5.74, 6) is -0.881. The van der Waals surface area contributed by atoms with Gasteiger partial charge in [0.15, 0.2) is 0 Å². The van der Waals surface area contributed by atoms with Crippen molar-refractivity contribution in [2.75, 3.05) is 0 Å². The van der Waals surface area contributed by atoms with Crippen LogP contribution in [0.25, 0.3) is 0 Å². The summed E-state index contributed by atoms with van der Waals surface area (Å²) in [5.41, 5.74) is 1.84. The third-order valence-corrected chi connectivity index (χ3v) is 3.16. The molecule has 0 bridgehead atoms. The minimum Gasteiger partial charge on any atom is -0.481 e. The minimum absolute atomic E-state index is 0.0399. The SMILES string of the molecule is Cc1cccc(CCC(=O)NC(C)(C)CCC(=O)O)c1. The molecule has 1 aromatic rings. The molecule has 0 unspecified atom stereocenters. The van der Waals surface area contributed by atoms with Gasteiger partial charge in [0.25, 0.3) is 0 Å². The van der Waals surface area contributed by atoms with Crippen molar-refractivity contribution >= 4 is 11.9 Å². The predicted molar refractivity (Wildman–Crippen MR) is 78.6 cm³/mol. The summed E-state index contributed by atoms with van der Waals surface area (Å²) in [6, 6.07) is 8.09. The van der Waals surface area contributed by atoms with E-state index in [0.29, 0.717) is 19.3 Å². The zero-order chi connectivity index (χ0) is 15.2. The topological polar surface area (TPSA) is 66.4 Å². The molecule has 2 N–H and O–H groups in total. The molecule has 0 aliphatic rings. The first-order valence-electron chi connectivity index (χ1n) is 6.87. The van der Waals surface area contributed by atoms with Crippen LogP contribution in [-0.2, 0) is 16.0 Å². The number of carboxylic acids is 1. The summed E-state index contributed by atoms with van der Waals surface area (Å²) in [5, 5.41) is 11.6. The average molecular weight is 277 g/mol. The first kappa shape index (κ1) is 16.2. The van der Waals surface area contributed by atoms with Crippen molar-refractivity contribution in [1.29, 1.82) is 0 Å². The van der Waals surface area contributed by atoms with Crippen LogP contribution < -0.4 is 5.32 Å². The number of rotatable bonds is 7. The quantitative estimate of drug-likeness (QED) is 0.805. The van der Waals surface area contributed by atoms with Crippen molar-refractivity contribution in [3.05, 3.63) is 35.4 Å². The zero-order valence-electron chi connectivity index (χ0n) is 12.4. The van der Waals surface area contributed by atoms with E-state index in [2.05, 4.69) is 11.4 Å². The van der Waals surface area contributed by atoms with E-state index in [0.717, 1.165) is 5.56 Å². The molecule has 0 radical (unpaired) electrons. The van der Waals surface area contributed by atoms with Crippen LogP contribution >= 0.6 is 0 Å². The van der Waals surface area contributed by atoms with E-state index >= 15 is 0 Å². The second-order valence-corrected chi connectivity index (χ2v) is 5.81. The first-order chi connectivity index (χ1) is 9.28. The summed E-state index contributed by atoms with van der Waals surface area (Å²) in [4.78, 5) is 22.5. The van der Waals surface area contributed by atoms with E-state index in [4.69, 9.17) is 5.11 Å². The third-order valence-electron chi connectivity index (χ3n) is 3.16. The van der Waals surface area contributed by atoms with Crippen LogP contribution in [-0.4, -0.2) is 22.5 Å². The molecule has 0 heterocycles. The smallest absolute Gasteiger partial charge is 0.303 e. The maximum Gasteiger partial charge on any atom is 0.303 e. The van der Waals surface area contributed by atoms with Crippen LogP contribution in [0.3, 0.4) is 0 Å². The Hall–Kier alpha value is -1.84. The normalized spacial score (nSPS) is 11.2. The highest BCUT2D eigenvalue weighted by molar-refractivity contribution is 5.77. The number of carbonyl (C=O) groups excluding carboxylic acids is 1. The molecule has 1 amide bonds. The molecule has 1 rings (SSSR count). The molecule has 0 atom stereocenters. The molecule has 0 aromatic heterocycles. The third kappa shape index (κ3) is 6.36. The number of benzene rings is 1. The number of amides is 1. The van der Waals surface area contributed by atoms with Gasteiger partial charge in [-0.1, -0.05) is 29.8 Å². The molecule has 0 spiro atoms. The number of aryl methyl sites for hydroxylation is 2. The highest BCUT2D eigenvalue weighted by Gasteiger charge is 2.21. The van der Waals surface area contributed by atoms with Gasteiger partial charge in [0.1, 0.15) is 0 Å². The number of nitrogens with one attached hydrogen (secondary N) is 1. The van der Waals surface area contributed by atoms with Crippen molar-refractivity contribution in [3.8, 4) is 0 Å². The highest BCUT2D eigenvalue weighted by atomic mass is 16.4. The summed E-state index contributed by atoms with van der Waals surface area (Å²) in [6.45, 7) is 5.72. The van der Waals surface area contributed by atoms with E-state index in [9.17, 15) is 9.59 Å². The summed E-state index contributed by atoms with van der Waals surface area (Å²) < 4.78 is 0. The van der Waals surface area contributed by atoms with Gasteiger partial charge in [-0.15, -0.1) is 0 Å². The van der Waals surface area contributed by atoms with Crippen molar-refractivity contribution in [2.45, 2.75) is 52.0 Å². The second kappa shape index (κ2) is 7.08. The van der Waals surface area contributed by atoms with E-state index in [-0.39, 0.29) is 12.3 Å². The van der Waals surface area contributed by atoms with Gasteiger partial charge in [0.05, 0.1) is 0 Å². The van der Waals surface area contributed by atoms with Gasteiger partial charge in [-0.05, 0) is 39.2 Å². The molecule has 4 nitrogen and oxygen atoms in total. The van der Waals surface area contributed by atoms with E-state index in [1.165, 1.54) is 5.56 Å². The van der Waals surface area contributed by atoms with Gasteiger partial charge < -0.3 is 10.4 Å². The fourth-order valence-corrected chi connectivity index (χ4v) is 2.05. The fourth-order valence-electron chi connectivity index (χ4n) is 2.05. The average Bonchev–Trinajstić information content (AvgIpc) is 2.34. The van der Waals surface area contributed by atoms with E-state index in [1.54, 1.807) is 0 Å². The predicted octanol–water partition coefficient (Wildman–Crippen LogP) is 2.69. The fraction of sp³-hybridized carbons (Fsp3) is 0.500. The lowest BCUT2D eigenvalue weighted by Crippen LogP contribution is -2.43. The monoisotopic (exact) mass is 277 g/mol. The minimum atomic E-state index is -0.841. The summed E-state index contributed by atoms with van der Waals surface area (Å²) in [6.07, 6.45) is 1.60. The van der Waals surface area contributed by atoms with E-state index in [1.807, 2.05) is 39.0 Å². The van der Waals surface area contributed by atoms with Crippen LogP contribution in [0.2, 0.25) is 0 Å². The number of hydrogen-bond donors (Lipinski definition) is 2. The number of aliphatic carboxylic acids is 1. The Morgan fingerprint density at radius 1 is 1.25 bits per heavy atom. The largest absolute Gasteiger partial charge is 0.481 e. The highest BCUT2D eigenvalue weighted by Crippen LogP contribution is 2.12. The molecule has 4 heteroatoms. The van der Waals surface area contributed by atoms with Gasteiger partial charge in [-0.25, -0.2) is 0 Å². The van der Waals surface area contributed by atoms with Crippen LogP contribution in [0.15, 0.2) is 24.3 Å².